The lowest BCUT2D eigenvalue weighted by Gasteiger charge is -2.30. The Morgan fingerprint density at radius 1 is 1.21 bits per heavy atom. The molecule has 1 N–H and O–H groups in total. The van der Waals surface area contributed by atoms with Crippen LogP contribution in [0.4, 0.5) is 10.1 Å². The van der Waals surface area contributed by atoms with E-state index < -0.39 is 11.7 Å². The molecule has 0 aliphatic carbocycles. The zero-order chi connectivity index (χ0) is 19.9. The van der Waals surface area contributed by atoms with E-state index >= 15 is 0 Å². The number of ether oxygens (including phenoxy) is 2. The van der Waals surface area contributed by atoms with Gasteiger partial charge in [-0.05, 0) is 30.7 Å². The van der Waals surface area contributed by atoms with Crippen LogP contribution >= 0.6 is 0 Å². The highest BCUT2D eigenvalue weighted by atomic mass is 19.1. The number of carbonyl (C=O) groups excluding carboxylic acids is 2. The predicted octanol–water partition coefficient (Wildman–Crippen LogP) is 2.74. The lowest BCUT2D eigenvalue weighted by molar-refractivity contribution is -0.123. The second-order valence-corrected chi connectivity index (χ2v) is 6.19. The van der Waals surface area contributed by atoms with Crippen molar-refractivity contribution < 1.29 is 23.5 Å². The van der Waals surface area contributed by atoms with E-state index in [0.29, 0.717) is 31.0 Å². The number of para-hydroxylation sites is 2. The van der Waals surface area contributed by atoms with Crippen LogP contribution in [0.3, 0.4) is 0 Å². The summed E-state index contributed by atoms with van der Waals surface area (Å²) >= 11 is 0. The first-order chi connectivity index (χ1) is 13.6. The van der Waals surface area contributed by atoms with Crippen LogP contribution in [0.5, 0.6) is 5.75 Å². The molecule has 0 unspecified atom stereocenters. The Bertz CT molecular complexity index is 897. The van der Waals surface area contributed by atoms with Gasteiger partial charge in [-0.1, -0.05) is 30.3 Å². The molecule has 1 heterocycles. The fraction of sp³-hybridized carbons (Fsp3) is 0.238. The summed E-state index contributed by atoms with van der Waals surface area (Å²) in [7, 11) is 1.59. The predicted molar refractivity (Wildman–Crippen MR) is 103 cm³/mol. The number of carbonyl (C=O) groups is 2. The molecule has 7 heteroatoms. The van der Waals surface area contributed by atoms with Crippen molar-refractivity contribution in [2.45, 2.75) is 6.42 Å². The third-order valence-corrected chi connectivity index (χ3v) is 4.17. The van der Waals surface area contributed by atoms with Crippen LogP contribution in [-0.4, -0.2) is 38.6 Å². The molecule has 0 atom stereocenters. The monoisotopic (exact) mass is 384 g/mol. The smallest absolute Gasteiger partial charge is 0.294 e. The quantitative estimate of drug-likeness (QED) is 0.589. The fourth-order valence-electron chi connectivity index (χ4n) is 2.80. The van der Waals surface area contributed by atoms with E-state index in [9.17, 15) is 14.0 Å². The van der Waals surface area contributed by atoms with E-state index in [1.165, 1.54) is 17.0 Å². The van der Waals surface area contributed by atoms with E-state index in [2.05, 4.69) is 5.32 Å². The molecule has 0 bridgehead atoms. The van der Waals surface area contributed by atoms with Gasteiger partial charge in [-0.3, -0.25) is 14.5 Å². The maximum absolute atomic E-state index is 14.0. The van der Waals surface area contributed by atoms with E-state index in [1.807, 2.05) is 0 Å². The van der Waals surface area contributed by atoms with E-state index in [4.69, 9.17) is 9.47 Å². The number of benzene rings is 2. The van der Waals surface area contributed by atoms with Crippen LogP contribution in [-0.2, 0) is 14.3 Å². The summed E-state index contributed by atoms with van der Waals surface area (Å²) in [4.78, 5) is 26.5. The number of halogens is 1. The number of hydrogen-bond donors (Lipinski definition) is 1. The van der Waals surface area contributed by atoms with Gasteiger partial charge in [0.15, 0.2) is 11.5 Å². The molecular formula is C21H21FN2O4. The third kappa shape index (κ3) is 4.55. The molecule has 1 aliphatic heterocycles. The van der Waals surface area contributed by atoms with E-state index in [-0.39, 0.29) is 23.8 Å². The normalized spacial score (nSPS) is 14.6. The first-order valence-corrected chi connectivity index (χ1v) is 8.91. The van der Waals surface area contributed by atoms with Gasteiger partial charge in [0.2, 0.25) is 5.91 Å². The van der Waals surface area contributed by atoms with Crippen LogP contribution in [0.2, 0.25) is 0 Å². The van der Waals surface area contributed by atoms with Crippen LogP contribution in [0.15, 0.2) is 54.3 Å². The number of nitrogens with zero attached hydrogens (tertiary/aromatic N) is 1. The molecule has 0 radical (unpaired) electrons. The van der Waals surface area contributed by atoms with Gasteiger partial charge in [0, 0.05) is 25.8 Å². The Kier molecular flexibility index (Phi) is 6.39. The summed E-state index contributed by atoms with van der Waals surface area (Å²) in [6.45, 7) is 0.820. The van der Waals surface area contributed by atoms with Gasteiger partial charge in [0.1, 0.15) is 12.4 Å². The van der Waals surface area contributed by atoms with Gasteiger partial charge >= 0.3 is 0 Å². The second kappa shape index (κ2) is 9.14. The topological polar surface area (TPSA) is 67.9 Å². The summed E-state index contributed by atoms with van der Waals surface area (Å²) in [5.74, 6) is -0.888. The molecule has 2 aromatic carbocycles. The van der Waals surface area contributed by atoms with Gasteiger partial charge in [0.25, 0.3) is 5.91 Å². The average Bonchev–Trinajstić information content (AvgIpc) is 2.70. The minimum atomic E-state index is -0.506. The van der Waals surface area contributed by atoms with Gasteiger partial charge < -0.3 is 14.8 Å². The summed E-state index contributed by atoms with van der Waals surface area (Å²) in [5.41, 5.74) is 0.722. The third-order valence-electron chi connectivity index (χ3n) is 4.17. The van der Waals surface area contributed by atoms with Crippen molar-refractivity contribution in [1.29, 1.82) is 0 Å². The molecule has 0 saturated carbocycles. The molecule has 0 fully saturated rings. The highest BCUT2D eigenvalue weighted by Crippen LogP contribution is 2.35. The van der Waals surface area contributed by atoms with Crippen molar-refractivity contribution in [3.05, 3.63) is 65.7 Å². The molecular weight excluding hydrogens is 363 g/mol. The van der Waals surface area contributed by atoms with Gasteiger partial charge in [-0.25, -0.2) is 4.39 Å². The Morgan fingerprint density at radius 3 is 2.75 bits per heavy atom. The molecule has 28 heavy (non-hydrogen) atoms. The van der Waals surface area contributed by atoms with Crippen molar-refractivity contribution in [2.24, 2.45) is 0 Å². The first kappa shape index (κ1) is 19.6. The first-order valence-electron chi connectivity index (χ1n) is 8.91. The number of anilines is 1. The number of hydrogen-bond acceptors (Lipinski definition) is 4. The summed E-state index contributed by atoms with van der Waals surface area (Å²) in [6.07, 6.45) is 2.02. The van der Waals surface area contributed by atoms with Crippen LogP contribution in [0.1, 0.15) is 12.0 Å². The van der Waals surface area contributed by atoms with Crippen molar-refractivity contribution in [1.82, 2.24) is 5.32 Å². The van der Waals surface area contributed by atoms with E-state index in [0.717, 1.165) is 0 Å². The minimum Gasteiger partial charge on any atom is -0.449 e. The zero-order valence-corrected chi connectivity index (χ0v) is 15.5. The maximum Gasteiger partial charge on any atom is 0.294 e. The van der Waals surface area contributed by atoms with Gasteiger partial charge in [0.05, 0.1) is 5.69 Å². The number of nitrogens with one attached hydrogen (secondary N) is 1. The number of rotatable bonds is 7. The summed E-state index contributed by atoms with van der Waals surface area (Å²) in [6, 6.07) is 13.0. The Morgan fingerprint density at radius 2 is 1.96 bits per heavy atom. The molecule has 0 aromatic heterocycles. The van der Waals surface area contributed by atoms with Crippen molar-refractivity contribution in [3.8, 4) is 5.75 Å². The highest BCUT2D eigenvalue weighted by molar-refractivity contribution is 6.12. The molecule has 0 spiro atoms. The number of methoxy groups -OCH3 is 1. The minimum absolute atomic E-state index is 0.0454. The standard InChI is InChI=1S/C21H21FN2O4/c1-27-12-6-11-23-20(25)14-24-17-9-4-5-10-18(17)28-19(21(24)26)13-15-7-2-3-8-16(15)22/h2-5,7-10,13H,6,11-12,14H2,1H3,(H,23,25)/b19-13-. The highest BCUT2D eigenvalue weighted by Gasteiger charge is 2.31. The summed E-state index contributed by atoms with van der Waals surface area (Å²) in [5, 5.41) is 2.76. The van der Waals surface area contributed by atoms with Gasteiger partial charge in [-0.2, -0.15) is 0 Å². The average molecular weight is 384 g/mol. The molecule has 1 aliphatic rings. The molecule has 3 rings (SSSR count). The SMILES string of the molecule is COCCCNC(=O)CN1C(=O)/C(=C/c2ccccc2F)Oc2ccccc21. The number of amides is 2. The van der Waals surface area contributed by atoms with Crippen LogP contribution in [0.25, 0.3) is 6.08 Å². The molecule has 6 nitrogen and oxygen atoms in total. The zero-order valence-electron chi connectivity index (χ0n) is 15.5. The molecule has 0 saturated heterocycles. The van der Waals surface area contributed by atoms with Crippen LogP contribution in [0, 0.1) is 5.82 Å². The Hall–Kier alpha value is -3.19. The number of fused-ring (bicyclic) bond motifs is 1. The largest absolute Gasteiger partial charge is 0.449 e. The van der Waals surface area contributed by atoms with Crippen LogP contribution < -0.4 is 15.0 Å². The van der Waals surface area contributed by atoms with Crippen molar-refractivity contribution >= 4 is 23.6 Å². The van der Waals surface area contributed by atoms with Gasteiger partial charge in [-0.15, -0.1) is 0 Å². The lowest BCUT2D eigenvalue weighted by atomic mass is 10.1. The van der Waals surface area contributed by atoms with Crippen molar-refractivity contribution in [3.63, 3.8) is 0 Å². The Balaban J connectivity index is 1.83. The Labute approximate surface area is 162 Å². The molecule has 146 valence electrons. The molecule has 2 aromatic rings. The molecule has 2 amide bonds. The summed E-state index contributed by atoms with van der Waals surface area (Å²) < 4.78 is 24.6. The second-order valence-electron chi connectivity index (χ2n) is 6.19. The lowest BCUT2D eigenvalue weighted by Crippen LogP contribution is -2.44. The van der Waals surface area contributed by atoms with Crippen molar-refractivity contribution in [2.75, 3.05) is 31.7 Å². The van der Waals surface area contributed by atoms with E-state index in [1.54, 1.807) is 49.6 Å². The fourth-order valence-corrected chi connectivity index (χ4v) is 2.80. The maximum atomic E-state index is 14.0.